The van der Waals surface area contributed by atoms with Gasteiger partial charge in [0.2, 0.25) is 0 Å². The van der Waals surface area contributed by atoms with Crippen molar-refractivity contribution in [2.24, 2.45) is 5.92 Å². The third-order valence-electron chi connectivity index (χ3n) is 5.89. The van der Waals surface area contributed by atoms with Crippen molar-refractivity contribution in [3.05, 3.63) is 47.8 Å². The molecule has 172 valence electrons. The first-order valence-corrected chi connectivity index (χ1v) is 10.4. The minimum Gasteiger partial charge on any atom is -0.496 e. The molecule has 1 aliphatic rings. The normalized spacial score (nSPS) is 17.8. The number of carbonyl (C=O) groups excluding carboxylic acids is 1. The second-order valence-corrected chi connectivity index (χ2v) is 8.61. The van der Waals surface area contributed by atoms with Crippen molar-refractivity contribution in [2.45, 2.75) is 44.9 Å². The average molecular weight is 457 g/mol. The lowest BCUT2D eigenvalue weighted by Gasteiger charge is -2.16. The smallest absolute Gasteiger partial charge is 0.387 e. The maximum absolute atomic E-state index is 13.3. The van der Waals surface area contributed by atoms with Crippen LogP contribution in [0.2, 0.25) is 0 Å². The second kappa shape index (κ2) is 8.43. The Morgan fingerprint density at radius 1 is 1.33 bits per heavy atom. The number of halogens is 3. The predicted octanol–water partition coefficient (Wildman–Crippen LogP) is 5.34. The van der Waals surface area contributed by atoms with Gasteiger partial charge in [0.05, 0.1) is 30.3 Å². The summed E-state index contributed by atoms with van der Waals surface area (Å²) in [5.41, 5.74) is 1.63. The van der Waals surface area contributed by atoms with Gasteiger partial charge >= 0.3 is 6.61 Å². The molecule has 0 radical (unpaired) electrons. The number of benzene rings is 1. The third kappa shape index (κ3) is 4.38. The van der Waals surface area contributed by atoms with E-state index in [9.17, 15) is 23.2 Å². The van der Waals surface area contributed by atoms with Crippen LogP contribution in [0.3, 0.4) is 0 Å². The molecule has 0 spiro atoms. The van der Waals surface area contributed by atoms with Crippen LogP contribution in [0.5, 0.6) is 11.5 Å². The number of hydrogen-bond acceptors (Lipinski definition) is 5. The van der Waals surface area contributed by atoms with Crippen LogP contribution in [0.25, 0.3) is 16.6 Å². The Labute approximate surface area is 188 Å². The van der Waals surface area contributed by atoms with Gasteiger partial charge in [0.15, 0.2) is 5.78 Å². The van der Waals surface area contributed by atoms with Gasteiger partial charge in [0.1, 0.15) is 23.2 Å². The fourth-order valence-corrected chi connectivity index (χ4v) is 3.77. The van der Waals surface area contributed by atoms with E-state index in [0.717, 1.165) is 5.56 Å². The highest BCUT2D eigenvalue weighted by Gasteiger charge is 2.40. The van der Waals surface area contributed by atoms with Crippen molar-refractivity contribution in [1.29, 1.82) is 5.26 Å². The van der Waals surface area contributed by atoms with Gasteiger partial charge in [-0.3, -0.25) is 4.79 Å². The van der Waals surface area contributed by atoms with Crippen LogP contribution in [-0.4, -0.2) is 35.3 Å². The summed E-state index contributed by atoms with van der Waals surface area (Å²) in [6.45, 7) is 0.422. The fourth-order valence-electron chi connectivity index (χ4n) is 3.77. The molecule has 2 heterocycles. The average Bonchev–Trinajstić information content (AvgIpc) is 3.30. The van der Waals surface area contributed by atoms with Gasteiger partial charge in [-0.25, -0.2) is 8.91 Å². The van der Waals surface area contributed by atoms with Crippen LogP contribution in [0.15, 0.2) is 36.7 Å². The van der Waals surface area contributed by atoms with E-state index in [1.165, 1.54) is 13.2 Å². The SMILES string of the molecule is COc1cc(-c2cnn3cc(C(C)(C)C#N)ccc23)cc(OC(F)F)c1C(=O)C[C@H]1C[C@@H]1F. The van der Waals surface area contributed by atoms with E-state index in [1.54, 1.807) is 49.0 Å². The number of alkyl halides is 3. The number of rotatable bonds is 8. The van der Waals surface area contributed by atoms with E-state index in [-0.39, 0.29) is 29.9 Å². The summed E-state index contributed by atoms with van der Waals surface area (Å²) >= 11 is 0. The highest BCUT2D eigenvalue weighted by Crippen LogP contribution is 2.42. The van der Waals surface area contributed by atoms with Crippen LogP contribution in [0.1, 0.15) is 42.6 Å². The number of Topliss-reactive ketones (excluding diaryl/α,β-unsaturated/α-hetero) is 1. The lowest BCUT2D eigenvalue weighted by Crippen LogP contribution is -2.14. The van der Waals surface area contributed by atoms with E-state index >= 15 is 0 Å². The lowest BCUT2D eigenvalue weighted by atomic mass is 9.87. The summed E-state index contributed by atoms with van der Waals surface area (Å²) in [6, 6.07) is 8.71. The quantitative estimate of drug-likeness (QED) is 0.427. The molecule has 4 rings (SSSR count). The van der Waals surface area contributed by atoms with Crippen molar-refractivity contribution in [3.8, 4) is 28.7 Å². The zero-order valence-corrected chi connectivity index (χ0v) is 18.3. The molecule has 6 nitrogen and oxygen atoms in total. The van der Waals surface area contributed by atoms with E-state index in [1.807, 2.05) is 0 Å². The highest BCUT2D eigenvalue weighted by molar-refractivity contribution is 6.03. The van der Waals surface area contributed by atoms with Crippen molar-refractivity contribution in [2.75, 3.05) is 7.11 Å². The molecule has 0 saturated heterocycles. The molecular weight excluding hydrogens is 435 g/mol. The first-order chi connectivity index (χ1) is 15.6. The molecule has 1 aromatic carbocycles. The molecule has 9 heteroatoms. The van der Waals surface area contributed by atoms with Gasteiger partial charge in [-0.05, 0) is 49.6 Å². The Bertz CT molecular complexity index is 1260. The summed E-state index contributed by atoms with van der Waals surface area (Å²) in [7, 11) is 1.32. The van der Waals surface area contributed by atoms with Gasteiger partial charge in [0, 0.05) is 24.1 Å². The van der Waals surface area contributed by atoms with E-state index in [4.69, 9.17) is 4.74 Å². The molecule has 0 N–H and O–H groups in total. The first-order valence-electron chi connectivity index (χ1n) is 10.4. The number of aromatic nitrogens is 2. The molecule has 3 aromatic rings. The fraction of sp³-hybridized carbons (Fsp3) is 0.375. The van der Waals surface area contributed by atoms with Crippen LogP contribution in [0.4, 0.5) is 13.2 Å². The number of fused-ring (bicyclic) bond motifs is 1. The highest BCUT2D eigenvalue weighted by atomic mass is 19.3. The molecule has 1 fully saturated rings. The number of pyridine rings is 1. The Kier molecular flexibility index (Phi) is 5.78. The monoisotopic (exact) mass is 457 g/mol. The number of nitrogens with zero attached hydrogens (tertiary/aromatic N) is 3. The number of methoxy groups -OCH3 is 1. The van der Waals surface area contributed by atoms with E-state index in [2.05, 4.69) is 15.9 Å². The summed E-state index contributed by atoms with van der Waals surface area (Å²) < 4.78 is 51.3. The summed E-state index contributed by atoms with van der Waals surface area (Å²) in [4.78, 5) is 12.8. The van der Waals surface area contributed by atoms with Gasteiger partial charge in [-0.2, -0.15) is 19.1 Å². The number of hydrogen-bond donors (Lipinski definition) is 0. The predicted molar refractivity (Wildman–Crippen MR) is 114 cm³/mol. The number of ketones is 1. The third-order valence-corrected chi connectivity index (χ3v) is 5.89. The van der Waals surface area contributed by atoms with Crippen molar-refractivity contribution in [3.63, 3.8) is 0 Å². The molecule has 0 amide bonds. The van der Waals surface area contributed by atoms with Crippen LogP contribution < -0.4 is 9.47 Å². The Hall–Kier alpha value is -3.54. The number of nitriles is 1. The summed E-state index contributed by atoms with van der Waals surface area (Å²) in [5, 5.41) is 13.7. The maximum atomic E-state index is 13.3. The Morgan fingerprint density at radius 2 is 2.03 bits per heavy atom. The first kappa shape index (κ1) is 22.6. The molecule has 1 aliphatic carbocycles. The molecule has 1 saturated carbocycles. The van der Waals surface area contributed by atoms with Crippen LogP contribution in [0, 0.1) is 17.2 Å². The molecule has 33 heavy (non-hydrogen) atoms. The minimum absolute atomic E-state index is 0.0609. The number of carbonyl (C=O) groups is 1. The van der Waals surface area contributed by atoms with Gasteiger partial charge in [0.25, 0.3) is 0 Å². The lowest BCUT2D eigenvalue weighted by molar-refractivity contribution is -0.0502. The van der Waals surface area contributed by atoms with Gasteiger partial charge in [-0.1, -0.05) is 6.07 Å². The van der Waals surface area contributed by atoms with Crippen LogP contribution in [-0.2, 0) is 5.41 Å². The van der Waals surface area contributed by atoms with Gasteiger partial charge < -0.3 is 9.47 Å². The summed E-state index contributed by atoms with van der Waals surface area (Å²) in [5.74, 6) is -1.19. The summed E-state index contributed by atoms with van der Waals surface area (Å²) in [6.07, 6.45) is 2.41. The number of ether oxygens (including phenoxy) is 2. The van der Waals surface area contributed by atoms with E-state index < -0.39 is 29.9 Å². The molecular formula is C24H22F3N3O3. The Morgan fingerprint density at radius 3 is 2.64 bits per heavy atom. The van der Waals surface area contributed by atoms with Crippen LogP contribution >= 0.6 is 0 Å². The zero-order valence-electron chi connectivity index (χ0n) is 18.3. The standard InChI is InChI=1S/C24H22F3N3O3/c1-24(2,12-28)15-4-5-18-16(10-29-30(18)11-15)13-8-20(32-3)22(21(9-13)33-23(26)27)19(31)7-14-6-17(14)25/h4-5,8-11,14,17,23H,6-7H2,1-3H3/t14-,17+/m1/s1. The molecule has 0 bridgehead atoms. The largest absolute Gasteiger partial charge is 0.496 e. The molecule has 0 aliphatic heterocycles. The topological polar surface area (TPSA) is 76.6 Å². The Balaban J connectivity index is 1.80. The maximum Gasteiger partial charge on any atom is 0.387 e. The zero-order chi connectivity index (χ0) is 23.9. The second-order valence-electron chi connectivity index (χ2n) is 8.61. The molecule has 2 atom stereocenters. The van der Waals surface area contributed by atoms with Crippen molar-refractivity contribution < 1.29 is 27.4 Å². The molecule has 0 unspecified atom stereocenters. The van der Waals surface area contributed by atoms with Gasteiger partial charge in [-0.15, -0.1) is 0 Å². The minimum atomic E-state index is -3.16. The van der Waals surface area contributed by atoms with E-state index in [0.29, 0.717) is 16.6 Å². The molecule has 2 aromatic heterocycles. The van der Waals surface area contributed by atoms with Crippen molar-refractivity contribution in [1.82, 2.24) is 9.61 Å². The van der Waals surface area contributed by atoms with Crippen molar-refractivity contribution >= 4 is 11.3 Å².